The van der Waals surface area contributed by atoms with Gasteiger partial charge in [0.1, 0.15) is 11.8 Å². The first-order valence-corrected chi connectivity index (χ1v) is 11.8. The molecule has 0 saturated heterocycles. The summed E-state index contributed by atoms with van der Waals surface area (Å²) in [5.41, 5.74) is 0.863. The van der Waals surface area contributed by atoms with Gasteiger partial charge in [0.2, 0.25) is 5.91 Å². The minimum absolute atomic E-state index is 0.137. The molecule has 3 aromatic rings. The third-order valence-electron chi connectivity index (χ3n) is 6.21. The predicted octanol–water partition coefficient (Wildman–Crippen LogP) is 5.35. The lowest BCUT2D eigenvalue weighted by atomic mass is 10.1. The summed E-state index contributed by atoms with van der Waals surface area (Å²) in [6, 6.07) is 20.6. The molecule has 1 aliphatic rings. The Hall–Kier alpha value is -3.05. The number of carbonyl (C=O) groups is 2. The second-order valence-corrected chi connectivity index (χ2v) is 9.02. The van der Waals surface area contributed by atoms with Gasteiger partial charge >= 0.3 is 0 Å². The summed E-state index contributed by atoms with van der Waals surface area (Å²) in [7, 11) is 0. The first kappa shape index (κ1) is 23.1. The Morgan fingerprint density at radius 2 is 1.79 bits per heavy atom. The number of nitrogens with one attached hydrogen (secondary N) is 1. The van der Waals surface area contributed by atoms with E-state index in [2.05, 4.69) is 5.32 Å². The van der Waals surface area contributed by atoms with Crippen LogP contribution < -0.4 is 10.1 Å². The molecule has 3 aromatic carbocycles. The van der Waals surface area contributed by atoms with Gasteiger partial charge in [0, 0.05) is 23.0 Å². The van der Waals surface area contributed by atoms with Crippen LogP contribution in [0.4, 0.5) is 0 Å². The van der Waals surface area contributed by atoms with Gasteiger partial charge in [-0.05, 0) is 48.9 Å². The van der Waals surface area contributed by atoms with Crippen molar-refractivity contribution >= 4 is 34.2 Å². The van der Waals surface area contributed by atoms with Crippen LogP contribution >= 0.6 is 11.6 Å². The zero-order valence-corrected chi connectivity index (χ0v) is 19.6. The van der Waals surface area contributed by atoms with Crippen LogP contribution in [0.15, 0.2) is 66.7 Å². The van der Waals surface area contributed by atoms with Crippen LogP contribution in [0.2, 0.25) is 5.02 Å². The van der Waals surface area contributed by atoms with E-state index in [1.807, 2.05) is 60.7 Å². The molecule has 33 heavy (non-hydrogen) atoms. The fourth-order valence-corrected chi connectivity index (χ4v) is 4.56. The number of carbonyl (C=O) groups excluding carboxylic acids is 2. The van der Waals surface area contributed by atoms with Crippen LogP contribution in [0.1, 0.15) is 38.2 Å². The minimum atomic E-state index is -0.631. The lowest BCUT2D eigenvalue weighted by molar-refractivity contribution is -0.142. The number of amides is 2. The quantitative estimate of drug-likeness (QED) is 0.489. The van der Waals surface area contributed by atoms with E-state index in [9.17, 15) is 9.59 Å². The normalized spacial score (nSPS) is 14.7. The summed E-state index contributed by atoms with van der Waals surface area (Å²) >= 11 is 6.15. The van der Waals surface area contributed by atoms with Crippen molar-refractivity contribution in [1.82, 2.24) is 10.2 Å². The summed E-state index contributed by atoms with van der Waals surface area (Å²) in [5.74, 6) is 0.256. The Kier molecular flexibility index (Phi) is 7.50. The van der Waals surface area contributed by atoms with Crippen LogP contribution in [-0.2, 0) is 16.1 Å². The SMILES string of the molecule is C[C@H](C(=O)NC1CCCC1)N(Cc1cccc(Cl)c1)C(=O)COc1cccc2ccccc12. The van der Waals surface area contributed by atoms with Crippen molar-refractivity contribution in [3.8, 4) is 5.75 Å². The van der Waals surface area contributed by atoms with E-state index in [0.717, 1.165) is 42.0 Å². The van der Waals surface area contributed by atoms with Gasteiger partial charge in [0.15, 0.2) is 6.61 Å². The zero-order chi connectivity index (χ0) is 23.2. The smallest absolute Gasteiger partial charge is 0.261 e. The number of halogens is 1. The highest BCUT2D eigenvalue weighted by Gasteiger charge is 2.28. The highest BCUT2D eigenvalue weighted by atomic mass is 35.5. The first-order chi connectivity index (χ1) is 16.0. The number of hydrogen-bond acceptors (Lipinski definition) is 3. The van der Waals surface area contributed by atoms with E-state index in [0.29, 0.717) is 10.8 Å². The third-order valence-corrected chi connectivity index (χ3v) is 6.45. The molecule has 172 valence electrons. The van der Waals surface area contributed by atoms with Gasteiger partial charge in [-0.2, -0.15) is 0 Å². The molecule has 6 heteroatoms. The van der Waals surface area contributed by atoms with Crippen molar-refractivity contribution in [2.75, 3.05) is 6.61 Å². The lowest BCUT2D eigenvalue weighted by Crippen LogP contribution is -2.50. The molecule has 1 atom stereocenters. The van der Waals surface area contributed by atoms with Crippen molar-refractivity contribution in [2.24, 2.45) is 0 Å². The fourth-order valence-electron chi connectivity index (χ4n) is 4.35. The Morgan fingerprint density at radius 1 is 1.06 bits per heavy atom. The van der Waals surface area contributed by atoms with Gasteiger partial charge in [0.05, 0.1) is 0 Å². The molecule has 1 saturated carbocycles. The van der Waals surface area contributed by atoms with Crippen LogP contribution in [0.3, 0.4) is 0 Å². The fraction of sp³-hybridized carbons (Fsp3) is 0.333. The summed E-state index contributed by atoms with van der Waals surface area (Å²) in [4.78, 5) is 27.9. The molecule has 0 aromatic heterocycles. The highest BCUT2D eigenvalue weighted by Crippen LogP contribution is 2.25. The van der Waals surface area contributed by atoms with E-state index in [1.165, 1.54) is 0 Å². The molecule has 1 aliphatic carbocycles. The second-order valence-electron chi connectivity index (χ2n) is 8.58. The van der Waals surface area contributed by atoms with Crippen molar-refractivity contribution in [3.05, 3.63) is 77.3 Å². The minimum Gasteiger partial charge on any atom is -0.483 e. The van der Waals surface area contributed by atoms with Gasteiger partial charge in [-0.3, -0.25) is 9.59 Å². The number of benzene rings is 3. The van der Waals surface area contributed by atoms with Crippen LogP contribution in [0, 0.1) is 0 Å². The van der Waals surface area contributed by atoms with E-state index in [-0.39, 0.29) is 31.0 Å². The van der Waals surface area contributed by atoms with Crippen molar-refractivity contribution in [1.29, 1.82) is 0 Å². The summed E-state index contributed by atoms with van der Waals surface area (Å²) in [6.45, 7) is 1.89. The van der Waals surface area contributed by atoms with Crippen LogP contribution in [-0.4, -0.2) is 35.4 Å². The molecule has 1 N–H and O–H groups in total. The molecule has 4 rings (SSSR count). The molecule has 0 radical (unpaired) electrons. The topological polar surface area (TPSA) is 58.6 Å². The molecule has 0 aliphatic heterocycles. The number of fused-ring (bicyclic) bond motifs is 1. The predicted molar refractivity (Wildman–Crippen MR) is 131 cm³/mol. The van der Waals surface area contributed by atoms with Gasteiger partial charge in [-0.1, -0.05) is 73.0 Å². The molecule has 0 bridgehead atoms. The molecule has 0 heterocycles. The van der Waals surface area contributed by atoms with E-state index in [4.69, 9.17) is 16.3 Å². The van der Waals surface area contributed by atoms with Gasteiger partial charge in [0.25, 0.3) is 5.91 Å². The molecule has 5 nitrogen and oxygen atoms in total. The zero-order valence-electron chi connectivity index (χ0n) is 18.8. The molecule has 0 unspecified atom stereocenters. The maximum absolute atomic E-state index is 13.3. The number of nitrogens with zero attached hydrogens (tertiary/aromatic N) is 1. The largest absolute Gasteiger partial charge is 0.483 e. The van der Waals surface area contributed by atoms with Gasteiger partial charge < -0.3 is 15.0 Å². The van der Waals surface area contributed by atoms with Gasteiger partial charge in [-0.15, -0.1) is 0 Å². The number of rotatable bonds is 8. The second kappa shape index (κ2) is 10.7. The lowest BCUT2D eigenvalue weighted by Gasteiger charge is -2.29. The van der Waals surface area contributed by atoms with E-state index < -0.39 is 6.04 Å². The standard InChI is InChI=1S/C27H29ClN2O3/c1-19(27(32)29-23-12-3-4-13-23)30(17-20-8-6-11-22(28)16-20)26(31)18-33-25-15-7-10-21-9-2-5-14-24(21)25/h2,5-11,14-16,19,23H,3-4,12-13,17-18H2,1H3,(H,29,32)/t19-/m1/s1. The Labute approximate surface area is 199 Å². The average molecular weight is 465 g/mol. The first-order valence-electron chi connectivity index (χ1n) is 11.5. The van der Waals surface area contributed by atoms with E-state index in [1.54, 1.807) is 17.9 Å². The molecule has 1 fully saturated rings. The van der Waals surface area contributed by atoms with Crippen molar-refractivity contribution in [2.45, 2.75) is 51.2 Å². The maximum Gasteiger partial charge on any atom is 0.261 e. The summed E-state index contributed by atoms with van der Waals surface area (Å²) in [5, 5.41) is 5.69. The molecule has 2 amide bonds. The van der Waals surface area contributed by atoms with Gasteiger partial charge in [-0.25, -0.2) is 0 Å². The van der Waals surface area contributed by atoms with E-state index >= 15 is 0 Å². The molecule has 0 spiro atoms. The number of ether oxygens (including phenoxy) is 1. The summed E-state index contributed by atoms with van der Waals surface area (Å²) in [6.07, 6.45) is 4.24. The molecular weight excluding hydrogens is 436 g/mol. The Bertz CT molecular complexity index is 1120. The third kappa shape index (κ3) is 5.85. The van der Waals surface area contributed by atoms with Crippen LogP contribution in [0.5, 0.6) is 5.75 Å². The maximum atomic E-state index is 13.3. The van der Waals surface area contributed by atoms with Crippen LogP contribution in [0.25, 0.3) is 10.8 Å². The van der Waals surface area contributed by atoms with Crippen molar-refractivity contribution < 1.29 is 14.3 Å². The summed E-state index contributed by atoms with van der Waals surface area (Å²) < 4.78 is 5.94. The monoisotopic (exact) mass is 464 g/mol. The number of hydrogen-bond donors (Lipinski definition) is 1. The van der Waals surface area contributed by atoms with Crippen molar-refractivity contribution in [3.63, 3.8) is 0 Å². The Morgan fingerprint density at radius 3 is 2.58 bits per heavy atom. The highest BCUT2D eigenvalue weighted by molar-refractivity contribution is 6.30. The Balaban J connectivity index is 1.50. The average Bonchev–Trinajstić information content (AvgIpc) is 3.33. The molecular formula is C27H29ClN2O3.